The molecule has 0 aliphatic carbocycles. The van der Waals surface area contributed by atoms with Crippen molar-refractivity contribution in [2.75, 3.05) is 16.8 Å². The summed E-state index contributed by atoms with van der Waals surface area (Å²) in [4.78, 5) is 27.1. The SMILES string of the molecule is CCN(C(=O)c1cccc(C(=O)Nc2ccc(F)cc2F)c1)c1cccc(C)c1. The second-order valence-electron chi connectivity index (χ2n) is 6.55. The predicted molar refractivity (Wildman–Crippen MR) is 109 cm³/mol. The lowest BCUT2D eigenvalue weighted by molar-refractivity contribution is 0.0988. The first-order chi connectivity index (χ1) is 13.9. The summed E-state index contributed by atoms with van der Waals surface area (Å²) >= 11 is 0. The number of benzene rings is 3. The van der Waals surface area contributed by atoms with Gasteiger partial charge in [-0.3, -0.25) is 9.59 Å². The van der Waals surface area contributed by atoms with E-state index in [1.807, 2.05) is 38.1 Å². The first-order valence-electron chi connectivity index (χ1n) is 9.14. The molecule has 6 heteroatoms. The van der Waals surface area contributed by atoms with Gasteiger partial charge in [0.2, 0.25) is 0 Å². The molecule has 3 rings (SSSR count). The van der Waals surface area contributed by atoms with Crippen molar-refractivity contribution in [3.05, 3.63) is 95.1 Å². The summed E-state index contributed by atoms with van der Waals surface area (Å²) in [6.45, 7) is 4.27. The van der Waals surface area contributed by atoms with Gasteiger partial charge in [-0.25, -0.2) is 8.78 Å². The summed E-state index contributed by atoms with van der Waals surface area (Å²) in [5, 5.41) is 2.40. The quantitative estimate of drug-likeness (QED) is 0.647. The Morgan fingerprint density at radius 1 is 0.931 bits per heavy atom. The minimum absolute atomic E-state index is 0.136. The van der Waals surface area contributed by atoms with E-state index in [0.717, 1.165) is 23.4 Å². The molecule has 4 nitrogen and oxygen atoms in total. The van der Waals surface area contributed by atoms with Crippen LogP contribution in [-0.2, 0) is 0 Å². The van der Waals surface area contributed by atoms with E-state index >= 15 is 0 Å². The van der Waals surface area contributed by atoms with E-state index in [9.17, 15) is 18.4 Å². The van der Waals surface area contributed by atoms with Crippen molar-refractivity contribution in [2.45, 2.75) is 13.8 Å². The normalized spacial score (nSPS) is 10.5. The van der Waals surface area contributed by atoms with Crippen LogP contribution in [0.4, 0.5) is 20.2 Å². The Labute approximate surface area is 167 Å². The van der Waals surface area contributed by atoms with Crippen molar-refractivity contribution in [3.8, 4) is 0 Å². The molecule has 0 aliphatic heterocycles. The van der Waals surface area contributed by atoms with Gasteiger partial charge in [0.1, 0.15) is 11.6 Å². The van der Waals surface area contributed by atoms with Crippen LogP contribution in [0.3, 0.4) is 0 Å². The number of hydrogen-bond acceptors (Lipinski definition) is 2. The Morgan fingerprint density at radius 2 is 1.66 bits per heavy atom. The first kappa shape index (κ1) is 20.2. The number of aryl methyl sites for hydroxylation is 1. The summed E-state index contributed by atoms with van der Waals surface area (Å²) < 4.78 is 26.8. The number of halogens is 2. The van der Waals surface area contributed by atoms with Crippen LogP contribution in [0.15, 0.2) is 66.7 Å². The average Bonchev–Trinajstić information content (AvgIpc) is 2.70. The maximum atomic E-state index is 13.8. The molecule has 0 heterocycles. The third-order valence-corrected chi connectivity index (χ3v) is 4.43. The van der Waals surface area contributed by atoms with Crippen molar-refractivity contribution >= 4 is 23.2 Å². The van der Waals surface area contributed by atoms with E-state index in [2.05, 4.69) is 5.32 Å². The van der Waals surface area contributed by atoms with Crippen LogP contribution in [0.1, 0.15) is 33.2 Å². The molecule has 2 amide bonds. The highest BCUT2D eigenvalue weighted by atomic mass is 19.1. The highest BCUT2D eigenvalue weighted by Gasteiger charge is 2.18. The van der Waals surface area contributed by atoms with Crippen LogP contribution in [0.2, 0.25) is 0 Å². The number of nitrogens with one attached hydrogen (secondary N) is 1. The molecule has 0 saturated carbocycles. The third kappa shape index (κ3) is 4.66. The maximum Gasteiger partial charge on any atom is 0.258 e. The van der Waals surface area contributed by atoms with Gasteiger partial charge in [0.25, 0.3) is 11.8 Å². The Kier molecular flexibility index (Phi) is 6.02. The van der Waals surface area contributed by atoms with E-state index in [1.54, 1.807) is 17.0 Å². The summed E-state index contributed by atoms with van der Waals surface area (Å²) in [5.41, 5.74) is 2.19. The molecule has 0 unspecified atom stereocenters. The highest BCUT2D eigenvalue weighted by molar-refractivity contribution is 6.09. The van der Waals surface area contributed by atoms with Gasteiger partial charge in [-0.05, 0) is 61.9 Å². The van der Waals surface area contributed by atoms with Crippen LogP contribution in [0, 0.1) is 18.6 Å². The van der Waals surface area contributed by atoms with Crippen LogP contribution in [0.5, 0.6) is 0 Å². The van der Waals surface area contributed by atoms with Gasteiger partial charge < -0.3 is 10.2 Å². The first-order valence-corrected chi connectivity index (χ1v) is 9.14. The number of carbonyl (C=O) groups excluding carboxylic acids is 2. The Morgan fingerprint density at radius 3 is 2.34 bits per heavy atom. The molecule has 0 aliphatic rings. The minimum atomic E-state index is -0.873. The largest absolute Gasteiger partial charge is 0.319 e. The van der Waals surface area contributed by atoms with Crippen molar-refractivity contribution in [3.63, 3.8) is 0 Å². The van der Waals surface area contributed by atoms with E-state index in [1.165, 1.54) is 12.1 Å². The molecule has 0 radical (unpaired) electrons. The summed E-state index contributed by atoms with van der Waals surface area (Å²) in [6, 6.07) is 16.7. The number of amides is 2. The summed E-state index contributed by atoms with van der Waals surface area (Å²) in [5.74, 6) is -2.45. The zero-order chi connectivity index (χ0) is 21.0. The molecule has 1 N–H and O–H groups in total. The van der Waals surface area contributed by atoms with E-state index in [-0.39, 0.29) is 17.2 Å². The second kappa shape index (κ2) is 8.65. The molecule has 0 saturated heterocycles. The topological polar surface area (TPSA) is 49.4 Å². The molecular weight excluding hydrogens is 374 g/mol. The lowest BCUT2D eigenvalue weighted by atomic mass is 10.1. The number of rotatable bonds is 5. The van der Waals surface area contributed by atoms with Crippen molar-refractivity contribution in [2.24, 2.45) is 0 Å². The molecule has 148 valence electrons. The Hall–Kier alpha value is -3.54. The average molecular weight is 394 g/mol. The lowest BCUT2D eigenvalue weighted by Crippen LogP contribution is -2.30. The van der Waals surface area contributed by atoms with Crippen LogP contribution in [-0.4, -0.2) is 18.4 Å². The smallest absolute Gasteiger partial charge is 0.258 e. The molecule has 0 fully saturated rings. The predicted octanol–water partition coefficient (Wildman–Crippen LogP) is 5.19. The number of nitrogens with zero attached hydrogens (tertiary/aromatic N) is 1. The van der Waals surface area contributed by atoms with E-state index < -0.39 is 17.5 Å². The van der Waals surface area contributed by atoms with Crippen LogP contribution < -0.4 is 10.2 Å². The highest BCUT2D eigenvalue weighted by Crippen LogP contribution is 2.20. The fraction of sp³-hybridized carbons (Fsp3) is 0.130. The zero-order valence-electron chi connectivity index (χ0n) is 16.1. The van der Waals surface area contributed by atoms with Gasteiger partial charge in [-0.2, -0.15) is 0 Å². The molecule has 0 aromatic heterocycles. The van der Waals surface area contributed by atoms with E-state index in [4.69, 9.17) is 0 Å². The fourth-order valence-corrected chi connectivity index (χ4v) is 2.97. The number of hydrogen-bond donors (Lipinski definition) is 1. The minimum Gasteiger partial charge on any atom is -0.319 e. The Bertz CT molecular complexity index is 1070. The summed E-state index contributed by atoms with van der Waals surface area (Å²) in [7, 11) is 0. The van der Waals surface area contributed by atoms with Crippen molar-refractivity contribution < 1.29 is 18.4 Å². The monoisotopic (exact) mass is 394 g/mol. The summed E-state index contributed by atoms with van der Waals surface area (Å²) in [6.07, 6.45) is 0. The van der Waals surface area contributed by atoms with Crippen molar-refractivity contribution in [1.82, 2.24) is 0 Å². The number of carbonyl (C=O) groups is 2. The zero-order valence-corrected chi connectivity index (χ0v) is 16.1. The maximum absolute atomic E-state index is 13.8. The van der Waals surface area contributed by atoms with Crippen LogP contribution in [0.25, 0.3) is 0 Å². The third-order valence-electron chi connectivity index (χ3n) is 4.43. The van der Waals surface area contributed by atoms with Gasteiger partial charge in [-0.15, -0.1) is 0 Å². The Balaban J connectivity index is 1.84. The molecule has 29 heavy (non-hydrogen) atoms. The standard InChI is InChI=1S/C23H20F2N2O2/c1-3-27(19-9-4-6-15(2)12-19)23(29)17-8-5-7-16(13-17)22(28)26-21-11-10-18(24)14-20(21)25/h4-14H,3H2,1-2H3,(H,26,28). The molecule has 3 aromatic carbocycles. The van der Waals surface area contributed by atoms with Gasteiger partial charge in [-0.1, -0.05) is 18.2 Å². The molecule has 0 atom stereocenters. The molecule has 3 aromatic rings. The number of anilines is 2. The fourth-order valence-electron chi connectivity index (χ4n) is 2.97. The second-order valence-corrected chi connectivity index (χ2v) is 6.55. The van der Waals surface area contributed by atoms with Gasteiger partial charge in [0, 0.05) is 29.4 Å². The molecular formula is C23H20F2N2O2. The molecule has 0 spiro atoms. The van der Waals surface area contributed by atoms with Crippen LogP contribution >= 0.6 is 0 Å². The van der Waals surface area contributed by atoms with Gasteiger partial charge in [0.15, 0.2) is 0 Å². The van der Waals surface area contributed by atoms with Crippen molar-refractivity contribution in [1.29, 1.82) is 0 Å². The molecule has 0 bridgehead atoms. The lowest BCUT2D eigenvalue weighted by Gasteiger charge is -2.22. The van der Waals surface area contributed by atoms with Gasteiger partial charge >= 0.3 is 0 Å². The van der Waals surface area contributed by atoms with Gasteiger partial charge in [0.05, 0.1) is 5.69 Å². The van der Waals surface area contributed by atoms with E-state index in [0.29, 0.717) is 18.2 Å².